The van der Waals surface area contributed by atoms with E-state index < -0.39 is 0 Å². The van der Waals surface area contributed by atoms with Gasteiger partial charge in [0.2, 0.25) is 5.82 Å². The molecule has 38 heavy (non-hydrogen) atoms. The molecule has 0 amide bonds. The zero-order valence-electron chi connectivity index (χ0n) is 21.7. The lowest BCUT2D eigenvalue weighted by atomic mass is 10.1. The summed E-state index contributed by atoms with van der Waals surface area (Å²) >= 11 is 0. The van der Waals surface area contributed by atoms with Gasteiger partial charge in [0, 0.05) is 10.9 Å². The number of hydrogen-bond donors (Lipinski definition) is 0. The van der Waals surface area contributed by atoms with Gasteiger partial charge in [-0.2, -0.15) is 9.78 Å². The van der Waals surface area contributed by atoms with Gasteiger partial charge in [-0.25, -0.2) is 4.98 Å². The molecule has 0 bridgehead atoms. The van der Waals surface area contributed by atoms with E-state index in [9.17, 15) is 4.79 Å². The van der Waals surface area contributed by atoms with Crippen LogP contribution in [0.3, 0.4) is 0 Å². The molecule has 0 fully saturated rings. The molecule has 2 aromatic heterocycles. The number of furan rings is 1. The molecule has 5 rings (SSSR count). The number of fused-ring (bicyclic) bond motifs is 2. The summed E-state index contributed by atoms with van der Waals surface area (Å²) in [6, 6.07) is 20.5. The van der Waals surface area contributed by atoms with E-state index in [1.54, 1.807) is 25.5 Å². The molecule has 192 valence electrons. The van der Waals surface area contributed by atoms with Gasteiger partial charge < -0.3 is 13.9 Å². The van der Waals surface area contributed by atoms with Crippen molar-refractivity contribution in [3.8, 4) is 23.1 Å². The fourth-order valence-corrected chi connectivity index (χ4v) is 4.24. The molecule has 0 aliphatic carbocycles. The first kappa shape index (κ1) is 25.0. The van der Waals surface area contributed by atoms with Crippen molar-refractivity contribution in [1.82, 2.24) is 9.66 Å². The van der Waals surface area contributed by atoms with E-state index in [1.807, 2.05) is 67.6 Å². The second-order valence-corrected chi connectivity index (χ2v) is 9.00. The highest BCUT2D eigenvalue weighted by Gasteiger charge is 2.17. The molecular weight excluding hydrogens is 478 g/mol. The number of benzene rings is 3. The lowest BCUT2D eigenvalue weighted by Gasteiger charge is -2.19. The van der Waals surface area contributed by atoms with Crippen molar-refractivity contribution in [3.63, 3.8) is 0 Å². The highest BCUT2D eigenvalue weighted by molar-refractivity contribution is 5.85. The van der Waals surface area contributed by atoms with E-state index in [4.69, 9.17) is 18.9 Å². The van der Waals surface area contributed by atoms with Crippen LogP contribution in [-0.4, -0.2) is 29.1 Å². The summed E-state index contributed by atoms with van der Waals surface area (Å²) in [6.07, 6.45) is 4.91. The third-order valence-corrected chi connectivity index (χ3v) is 6.35. The van der Waals surface area contributed by atoms with E-state index in [0.29, 0.717) is 46.0 Å². The van der Waals surface area contributed by atoms with E-state index in [0.717, 1.165) is 22.9 Å². The van der Waals surface area contributed by atoms with Crippen molar-refractivity contribution in [1.29, 1.82) is 0 Å². The zero-order valence-corrected chi connectivity index (χ0v) is 21.7. The third kappa shape index (κ3) is 4.83. The summed E-state index contributed by atoms with van der Waals surface area (Å²) in [6.45, 7) is 7.97. The predicted molar refractivity (Wildman–Crippen MR) is 151 cm³/mol. The summed E-state index contributed by atoms with van der Waals surface area (Å²) in [5, 5.41) is 5.97. The summed E-state index contributed by atoms with van der Waals surface area (Å²) in [4.78, 5) is 18.3. The smallest absolute Gasteiger partial charge is 0.282 e. The molecule has 0 N–H and O–H groups in total. The molecule has 0 radical (unpaired) electrons. The van der Waals surface area contributed by atoms with Crippen molar-refractivity contribution < 1.29 is 13.9 Å². The molecule has 0 saturated heterocycles. The standard InChI is InChI=1S/C31H29N3O4/c1-5-11-23-16-21(17-27(36-4)29(23)37-20(3)6-2)19-32-34-30(28-18-22-12-7-10-15-26(22)38-28)33-25-14-9-8-13-24(25)31(34)35/h5,7-10,12-20H,1,6,11H2,2-4H3/t20-/m1/s1. The molecule has 0 aliphatic rings. The van der Waals surface area contributed by atoms with Gasteiger partial charge in [-0.3, -0.25) is 4.79 Å². The van der Waals surface area contributed by atoms with E-state index in [2.05, 4.69) is 18.6 Å². The number of allylic oxidation sites excluding steroid dienone is 1. The number of methoxy groups -OCH3 is 1. The first-order chi connectivity index (χ1) is 18.5. The first-order valence-corrected chi connectivity index (χ1v) is 12.6. The lowest BCUT2D eigenvalue weighted by molar-refractivity contribution is 0.206. The van der Waals surface area contributed by atoms with Crippen LogP contribution in [0.25, 0.3) is 33.5 Å². The highest BCUT2D eigenvalue weighted by Crippen LogP contribution is 2.34. The Bertz CT molecular complexity index is 1680. The number of para-hydroxylation sites is 2. The van der Waals surface area contributed by atoms with Gasteiger partial charge in [0.15, 0.2) is 17.3 Å². The summed E-state index contributed by atoms with van der Waals surface area (Å²) in [7, 11) is 1.61. The average Bonchev–Trinajstić information content (AvgIpc) is 3.38. The SMILES string of the molecule is C=CCc1cc(C=Nn2c(-c3cc4ccccc4o3)nc3ccccc3c2=O)cc(OC)c1O[C@H](C)CC. The Kier molecular flexibility index (Phi) is 7.09. The molecule has 5 aromatic rings. The minimum atomic E-state index is -0.294. The van der Waals surface area contributed by atoms with E-state index in [1.165, 1.54) is 4.68 Å². The van der Waals surface area contributed by atoms with Crippen LogP contribution >= 0.6 is 0 Å². The van der Waals surface area contributed by atoms with Crippen LogP contribution in [0, 0.1) is 0 Å². The van der Waals surface area contributed by atoms with Crippen LogP contribution in [0.2, 0.25) is 0 Å². The van der Waals surface area contributed by atoms with Crippen molar-refractivity contribution in [2.45, 2.75) is 32.8 Å². The Morgan fingerprint density at radius 2 is 1.92 bits per heavy atom. The van der Waals surface area contributed by atoms with Crippen LogP contribution in [0.5, 0.6) is 11.5 Å². The summed E-state index contributed by atoms with van der Waals surface area (Å²) in [5.74, 6) is 2.04. The van der Waals surface area contributed by atoms with E-state index in [-0.39, 0.29) is 11.7 Å². The van der Waals surface area contributed by atoms with Gasteiger partial charge in [0.05, 0.1) is 30.3 Å². The van der Waals surface area contributed by atoms with Crippen molar-refractivity contribution >= 4 is 28.1 Å². The Balaban J connectivity index is 1.65. The second-order valence-electron chi connectivity index (χ2n) is 9.00. The van der Waals surface area contributed by atoms with Gasteiger partial charge in [0.25, 0.3) is 5.56 Å². The third-order valence-electron chi connectivity index (χ3n) is 6.35. The quantitative estimate of drug-likeness (QED) is 0.166. The van der Waals surface area contributed by atoms with Crippen LogP contribution in [0.15, 0.2) is 93.7 Å². The molecule has 2 heterocycles. The molecule has 1 atom stereocenters. The first-order valence-electron chi connectivity index (χ1n) is 12.6. The topological polar surface area (TPSA) is 78.9 Å². The number of aromatic nitrogens is 2. The molecule has 0 saturated carbocycles. The maximum absolute atomic E-state index is 13.6. The fourth-order valence-electron chi connectivity index (χ4n) is 4.24. The Labute approximate surface area is 220 Å². The lowest BCUT2D eigenvalue weighted by Crippen LogP contribution is -2.20. The Morgan fingerprint density at radius 1 is 1.13 bits per heavy atom. The molecule has 0 spiro atoms. The fraction of sp³-hybridized carbons (Fsp3) is 0.194. The molecule has 7 nitrogen and oxygen atoms in total. The normalized spacial score (nSPS) is 12.3. The molecular formula is C31H29N3O4. The molecule has 3 aromatic carbocycles. The highest BCUT2D eigenvalue weighted by atomic mass is 16.5. The predicted octanol–water partition coefficient (Wildman–Crippen LogP) is 6.61. The minimum Gasteiger partial charge on any atom is -0.493 e. The number of hydrogen-bond acceptors (Lipinski definition) is 6. The van der Waals surface area contributed by atoms with Crippen molar-refractivity contribution in [3.05, 3.63) is 101 Å². The monoisotopic (exact) mass is 507 g/mol. The zero-order chi connectivity index (χ0) is 26.6. The van der Waals surface area contributed by atoms with Crippen LogP contribution in [-0.2, 0) is 6.42 Å². The molecule has 0 unspecified atom stereocenters. The molecule has 0 aliphatic heterocycles. The average molecular weight is 508 g/mol. The van der Waals surface area contributed by atoms with Crippen LogP contribution < -0.4 is 15.0 Å². The second kappa shape index (κ2) is 10.8. The maximum atomic E-state index is 13.6. The maximum Gasteiger partial charge on any atom is 0.282 e. The van der Waals surface area contributed by atoms with Crippen molar-refractivity contribution in [2.24, 2.45) is 5.10 Å². The van der Waals surface area contributed by atoms with E-state index >= 15 is 0 Å². The van der Waals surface area contributed by atoms with Gasteiger partial charge in [-0.1, -0.05) is 43.3 Å². The number of rotatable bonds is 9. The van der Waals surface area contributed by atoms with Gasteiger partial charge in [-0.05, 0) is 61.7 Å². The Morgan fingerprint density at radius 3 is 2.68 bits per heavy atom. The molecule has 7 heteroatoms. The number of ether oxygens (including phenoxy) is 2. The summed E-state index contributed by atoms with van der Waals surface area (Å²) in [5.41, 5.74) is 2.64. The van der Waals surface area contributed by atoms with Crippen molar-refractivity contribution in [2.75, 3.05) is 7.11 Å². The minimum absolute atomic E-state index is 0.0283. The van der Waals surface area contributed by atoms with Crippen LogP contribution in [0.1, 0.15) is 31.4 Å². The van der Waals surface area contributed by atoms with Gasteiger partial charge in [-0.15, -0.1) is 6.58 Å². The summed E-state index contributed by atoms with van der Waals surface area (Å²) < 4.78 is 19.2. The van der Waals surface area contributed by atoms with Crippen LogP contribution in [0.4, 0.5) is 0 Å². The van der Waals surface area contributed by atoms with Gasteiger partial charge >= 0.3 is 0 Å². The largest absolute Gasteiger partial charge is 0.493 e. The number of nitrogens with zero attached hydrogens (tertiary/aromatic N) is 3. The van der Waals surface area contributed by atoms with Gasteiger partial charge in [0.1, 0.15) is 5.58 Å². The Hall–Kier alpha value is -4.65.